The lowest BCUT2D eigenvalue weighted by Gasteiger charge is -2.38. The van der Waals surface area contributed by atoms with Crippen LogP contribution in [-0.4, -0.2) is 17.2 Å². The Balaban J connectivity index is 2.22. The van der Waals surface area contributed by atoms with Gasteiger partial charge in [0.05, 0.1) is 0 Å². The largest absolute Gasteiger partial charge is 0.352 e. The van der Waals surface area contributed by atoms with Gasteiger partial charge in [0.25, 0.3) is 0 Å². The summed E-state index contributed by atoms with van der Waals surface area (Å²) in [6.07, 6.45) is 13.9. The highest BCUT2D eigenvalue weighted by atomic mass is 32.2. The van der Waals surface area contributed by atoms with Crippen LogP contribution in [0.3, 0.4) is 0 Å². The van der Waals surface area contributed by atoms with E-state index in [0.717, 1.165) is 16.9 Å². The minimum absolute atomic E-state index is 0.0838. The van der Waals surface area contributed by atoms with Crippen molar-refractivity contribution in [3.8, 4) is 0 Å². The number of benzene rings is 1. The van der Waals surface area contributed by atoms with E-state index in [1.807, 2.05) is 25.4 Å². The molecule has 0 spiro atoms. The summed E-state index contributed by atoms with van der Waals surface area (Å²) in [6.45, 7) is 8.10. The van der Waals surface area contributed by atoms with Crippen molar-refractivity contribution >= 4 is 11.8 Å². The highest BCUT2D eigenvalue weighted by molar-refractivity contribution is 7.98. The summed E-state index contributed by atoms with van der Waals surface area (Å²) < 4.78 is 14.2. The number of aryl methyl sites for hydroxylation is 1. The van der Waals surface area contributed by atoms with E-state index in [-0.39, 0.29) is 5.82 Å². The summed E-state index contributed by atoms with van der Waals surface area (Å²) in [5.74, 6) is 0.468. The number of allylic oxidation sites excluding steroid dienone is 1. The lowest BCUT2D eigenvalue weighted by atomic mass is 9.79. The average molecular weight is 334 g/mol. The van der Waals surface area contributed by atoms with E-state index < -0.39 is 0 Å². The van der Waals surface area contributed by atoms with Crippen molar-refractivity contribution in [2.24, 2.45) is 5.92 Å². The molecule has 1 fully saturated rings. The van der Waals surface area contributed by atoms with Gasteiger partial charge in [-0.2, -0.15) is 0 Å². The van der Waals surface area contributed by atoms with Crippen LogP contribution < -0.4 is 0 Å². The number of halogens is 1. The molecule has 1 aromatic carbocycles. The standard InChI is InChI=1S/C20H28FNS/c1-5-11-22(6-2)19-10-8-7-9-16(19)13-17-14-18(21)20(23-4)12-15(17)3/h5-6,11-12,14,16,19H,2,7-10,13H2,1,3-4H3/b11-5-. The van der Waals surface area contributed by atoms with Crippen LogP contribution in [0.15, 0.2) is 42.1 Å². The zero-order valence-electron chi connectivity index (χ0n) is 14.5. The summed E-state index contributed by atoms with van der Waals surface area (Å²) in [5.41, 5.74) is 2.36. The number of rotatable bonds is 6. The molecule has 2 atom stereocenters. The van der Waals surface area contributed by atoms with E-state index >= 15 is 0 Å². The molecule has 0 aromatic heterocycles. The van der Waals surface area contributed by atoms with E-state index in [0.29, 0.717) is 12.0 Å². The molecule has 0 N–H and O–H groups in total. The molecule has 2 rings (SSSR count). The lowest BCUT2D eigenvalue weighted by molar-refractivity contribution is 0.189. The Morgan fingerprint density at radius 3 is 2.74 bits per heavy atom. The van der Waals surface area contributed by atoms with Gasteiger partial charge in [-0.1, -0.05) is 25.5 Å². The van der Waals surface area contributed by atoms with Gasteiger partial charge >= 0.3 is 0 Å². The molecule has 1 aliphatic carbocycles. The number of hydrogen-bond donors (Lipinski definition) is 0. The zero-order chi connectivity index (χ0) is 16.8. The Morgan fingerprint density at radius 1 is 1.35 bits per heavy atom. The summed E-state index contributed by atoms with van der Waals surface area (Å²) in [5, 5.41) is 0. The van der Waals surface area contributed by atoms with Crippen molar-refractivity contribution < 1.29 is 4.39 Å². The topological polar surface area (TPSA) is 3.24 Å². The minimum atomic E-state index is -0.0838. The molecule has 126 valence electrons. The highest BCUT2D eigenvalue weighted by Gasteiger charge is 2.28. The van der Waals surface area contributed by atoms with Gasteiger partial charge in [0, 0.05) is 10.9 Å². The van der Waals surface area contributed by atoms with Crippen LogP contribution in [0.4, 0.5) is 4.39 Å². The van der Waals surface area contributed by atoms with Crippen molar-refractivity contribution in [3.05, 3.63) is 54.1 Å². The molecule has 0 saturated heterocycles. The number of hydrogen-bond acceptors (Lipinski definition) is 2. The maximum Gasteiger partial charge on any atom is 0.137 e. The van der Waals surface area contributed by atoms with Crippen LogP contribution in [0.1, 0.15) is 43.7 Å². The summed E-state index contributed by atoms with van der Waals surface area (Å²) in [4.78, 5) is 2.99. The summed E-state index contributed by atoms with van der Waals surface area (Å²) >= 11 is 1.47. The molecule has 3 heteroatoms. The van der Waals surface area contributed by atoms with Crippen LogP contribution in [0.25, 0.3) is 0 Å². The fourth-order valence-electron chi connectivity index (χ4n) is 3.65. The Hall–Kier alpha value is -1.22. The molecule has 1 aromatic rings. The van der Waals surface area contributed by atoms with E-state index in [1.165, 1.54) is 43.0 Å². The van der Waals surface area contributed by atoms with Crippen molar-refractivity contribution in [3.63, 3.8) is 0 Å². The molecule has 0 aliphatic heterocycles. The molecule has 0 bridgehead atoms. The SMILES string of the molecule is C=CN(/C=C\C)C1CCCCC1Cc1cc(F)c(SC)cc1C. The predicted octanol–water partition coefficient (Wildman–Crippen LogP) is 5.94. The molecule has 1 nitrogen and oxygen atoms in total. The molecule has 1 aliphatic rings. The Labute approximate surface area is 144 Å². The zero-order valence-corrected chi connectivity index (χ0v) is 15.3. The third-order valence-corrected chi connectivity index (χ3v) is 5.63. The molecular formula is C20H28FNS. The van der Waals surface area contributed by atoms with Gasteiger partial charge in [-0.25, -0.2) is 4.39 Å². The number of nitrogens with zero attached hydrogens (tertiary/aromatic N) is 1. The van der Waals surface area contributed by atoms with Crippen LogP contribution >= 0.6 is 11.8 Å². The average Bonchev–Trinajstić information content (AvgIpc) is 2.56. The van der Waals surface area contributed by atoms with Crippen LogP contribution in [0.2, 0.25) is 0 Å². The third kappa shape index (κ3) is 4.41. The normalized spacial score (nSPS) is 21.6. The van der Waals surface area contributed by atoms with Crippen molar-refractivity contribution in [1.29, 1.82) is 0 Å². The molecule has 0 amide bonds. The Bertz CT molecular complexity index is 567. The smallest absolute Gasteiger partial charge is 0.137 e. The van der Waals surface area contributed by atoms with E-state index in [1.54, 1.807) is 6.07 Å². The van der Waals surface area contributed by atoms with Crippen molar-refractivity contribution in [2.75, 3.05) is 6.26 Å². The van der Waals surface area contributed by atoms with Crippen LogP contribution in [-0.2, 0) is 6.42 Å². The van der Waals surface area contributed by atoms with Crippen LogP contribution in [0.5, 0.6) is 0 Å². The summed E-state index contributed by atoms with van der Waals surface area (Å²) in [6, 6.07) is 4.21. The second kappa shape index (κ2) is 8.58. The molecule has 1 saturated carbocycles. The molecule has 0 heterocycles. The third-order valence-electron chi connectivity index (χ3n) is 4.88. The van der Waals surface area contributed by atoms with E-state index in [9.17, 15) is 4.39 Å². The van der Waals surface area contributed by atoms with Crippen LogP contribution in [0, 0.1) is 18.7 Å². The van der Waals surface area contributed by atoms with Crippen molar-refractivity contribution in [1.82, 2.24) is 4.90 Å². The summed E-state index contributed by atoms with van der Waals surface area (Å²) in [7, 11) is 0. The molecule has 2 unspecified atom stereocenters. The predicted molar refractivity (Wildman–Crippen MR) is 99.2 cm³/mol. The van der Waals surface area contributed by atoms with Gasteiger partial charge in [-0.05, 0) is 80.9 Å². The first-order valence-corrected chi connectivity index (χ1v) is 9.69. The number of thioether (sulfide) groups is 1. The Kier molecular flexibility index (Phi) is 6.76. The first-order chi connectivity index (χ1) is 11.1. The molecular weight excluding hydrogens is 305 g/mol. The second-order valence-corrected chi connectivity index (χ2v) is 7.19. The Morgan fingerprint density at radius 2 is 2.09 bits per heavy atom. The van der Waals surface area contributed by atoms with Gasteiger partial charge in [-0.15, -0.1) is 11.8 Å². The van der Waals surface area contributed by atoms with Gasteiger partial charge < -0.3 is 4.90 Å². The van der Waals surface area contributed by atoms with Gasteiger partial charge in [0.2, 0.25) is 0 Å². The second-order valence-electron chi connectivity index (χ2n) is 6.34. The first-order valence-electron chi connectivity index (χ1n) is 8.46. The van der Waals surface area contributed by atoms with Crippen molar-refractivity contribution in [2.45, 2.75) is 56.9 Å². The van der Waals surface area contributed by atoms with E-state index in [4.69, 9.17) is 0 Å². The fraction of sp³-hybridized carbons (Fsp3) is 0.500. The van der Waals surface area contributed by atoms with Gasteiger partial charge in [0.1, 0.15) is 5.82 Å². The minimum Gasteiger partial charge on any atom is -0.352 e. The molecule has 23 heavy (non-hydrogen) atoms. The van der Waals surface area contributed by atoms with E-state index in [2.05, 4.69) is 30.7 Å². The first kappa shape index (κ1) is 18.1. The quantitative estimate of drug-likeness (QED) is 0.593. The maximum atomic E-state index is 14.2. The van der Waals surface area contributed by atoms with Gasteiger partial charge in [0.15, 0.2) is 0 Å². The highest BCUT2D eigenvalue weighted by Crippen LogP contribution is 2.33. The monoisotopic (exact) mass is 333 g/mol. The molecule has 0 radical (unpaired) electrons. The van der Waals surface area contributed by atoms with Gasteiger partial charge in [-0.3, -0.25) is 0 Å². The lowest BCUT2D eigenvalue weighted by Crippen LogP contribution is -2.37. The fourth-order valence-corrected chi connectivity index (χ4v) is 4.20. The maximum absolute atomic E-state index is 14.2.